The van der Waals surface area contributed by atoms with Gasteiger partial charge >= 0.3 is 5.97 Å². The van der Waals surface area contributed by atoms with Crippen LogP contribution in [0.1, 0.15) is 52.9 Å². The molecule has 0 aromatic heterocycles. The van der Waals surface area contributed by atoms with Crippen molar-refractivity contribution in [1.82, 2.24) is 5.32 Å². The third-order valence-corrected chi connectivity index (χ3v) is 3.74. The maximum atomic E-state index is 11.1. The smallest absolute Gasteiger partial charge is 0.320 e. The van der Waals surface area contributed by atoms with E-state index in [4.69, 9.17) is 5.11 Å². The van der Waals surface area contributed by atoms with E-state index in [0.717, 1.165) is 25.7 Å². The van der Waals surface area contributed by atoms with E-state index in [9.17, 15) is 4.79 Å². The molecule has 0 heterocycles. The number of carboxylic acid groups (broad SMARTS) is 1. The molecule has 1 fully saturated rings. The van der Waals surface area contributed by atoms with Crippen LogP contribution in [0.5, 0.6) is 0 Å². The van der Waals surface area contributed by atoms with Crippen molar-refractivity contribution < 1.29 is 9.90 Å². The molecule has 3 heteroatoms. The number of rotatable bonds is 7. The molecule has 0 amide bonds. The molecule has 0 saturated heterocycles. The number of carbonyl (C=O) groups is 1. The molecule has 3 atom stereocenters. The van der Waals surface area contributed by atoms with Gasteiger partial charge in [0, 0.05) is 6.04 Å². The first-order valence-corrected chi connectivity index (χ1v) is 6.55. The van der Waals surface area contributed by atoms with Gasteiger partial charge in [-0.15, -0.1) is 0 Å². The predicted octanol–water partition coefficient (Wildman–Crippen LogP) is 2.65. The maximum Gasteiger partial charge on any atom is 0.320 e. The van der Waals surface area contributed by atoms with Crippen molar-refractivity contribution >= 4 is 5.97 Å². The highest BCUT2D eigenvalue weighted by molar-refractivity contribution is 5.73. The number of aliphatic carboxylic acids is 1. The van der Waals surface area contributed by atoms with E-state index < -0.39 is 5.97 Å². The lowest BCUT2D eigenvalue weighted by atomic mass is 9.72. The number of hydrogen-bond acceptors (Lipinski definition) is 2. The van der Waals surface area contributed by atoms with E-state index in [-0.39, 0.29) is 6.04 Å². The van der Waals surface area contributed by atoms with Crippen LogP contribution in [0.15, 0.2) is 0 Å². The van der Waals surface area contributed by atoms with Crippen LogP contribution in [0, 0.1) is 11.8 Å². The lowest BCUT2D eigenvalue weighted by molar-refractivity contribution is -0.140. The lowest BCUT2D eigenvalue weighted by Gasteiger charge is -2.41. The summed E-state index contributed by atoms with van der Waals surface area (Å²) in [6.07, 6.45) is 5.19. The van der Waals surface area contributed by atoms with E-state index in [1.165, 1.54) is 6.42 Å². The van der Waals surface area contributed by atoms with Crippen LogP contribution in [0.3, 0.4) is 0 Å². The zero-order chi connectivity index (χ0) is 12.1. The SMILES string of the molecule is CCCC[C@H](NC1CCC1C(C)C)C(=O)O. The average Bonchev–Trinajstić information content (AvgIpc) is 2.14. The summed E-state index contributed by atoms with van der Waals surface area (Å²) in [5.41, 5.74) is 0. The molecule has 3 nitrogen and oxygen atoms in total. The minimum absolute atomic E-state index is 0.341. The Balaban J connectivity index is 2.39. The van der Waals surface area contributed by atoms with Crippen molar-refractivity contribution in [3.63, 3.8) is 0 Å². The first kappa shape index (κ1) is 13.5. The molecular weight excluding hydrogens is 202 g/mol. The first-order valence-electron chi connectivity index (χ1n) is 6.55. The molecule has 2 N–H and O–H groups in total. The topological polar surface area (TPSA) is 49.3 Å². The molecule has 1 rings (SSSR count). The van der Waals surface area contributed by atoms with Crippen LogP contribution in [-0.4, -0.2) is 23.2 Å². The third-order valence-electron chi connectivity index (χ3n) is 3.74. The molecule has 2 unspecified atom stereocenters. The number of hydrogen-bond donors (Lipinski definition) is 2. The van der Waals surface area contributed by atoms with Crippen molar-refractivity contribution in [2.75, 3.05) is 0 Å². The van der Waals surface area contributed by atoms with Gasteiger partial charge in [0.1, 0.15) is 6.04 Å². The molecule has 1 aliphatic carbocycles. The highest BCUT2D eigenvalue weighted by atomic mass is 16.4. The Morgan fingerprint density at radius 3 is 2.50 bits per heavy atom. The van der Waals surface area contributed by atoms with Gasteiger partial charge in [-0.3, -0.25) is 4.79 Å². The Bertz CT molecular complexity index is 228. The van der Waals surface area contributed by atoms with Gasteiger partial charge < -0.3 is 10.4 Å². The zero-order valence-electron chi connectivity index (χ0n) is 10.7. The zero-order valence-corrected chi connectivity index (χ0v) is 10.7. The number of nitrogens with one attached hydrogen (secondary N) is 1. The minimum Gasteiger partial charge on any atom is -0.480 e. The Hall–Kier alpha value is -0.570. The Labute approximate surface area is 98.6 Å². The number of unbranched alkanes of at least 4 members (excludes halogenated alkanes) is 1. The monoisotopic (exact) mass is 227 g/mol. The van der Waals surface area contributed by atoms with Crippen LogP contribution in [-0.2, 0) is 4.79 Å². The van der Waals surface area contributed by atoms with E-state index in [0.29, 0.717) is 17.9 Å². The fourth-order valence-electron chi connectivity index (χ4n) is 2.48. The van der Waals surface area contributed by atoms with Crippen molar-refractivity contribution in [3.8, 4) is 0 Å². The second-order valence-corrected chi connectivity index (χ2v) is 5.29. The van der Waals surface area contributed by atoms with Gasteiger partial charge in [-0.1, -0.05) is 33.6 Å². The largest absolute Gasteiger partial charge is 0.480 e. The molecule has 0 radical (unpaired) electrons. The molecule has 0 bridgehead atoms. The average molecular weight is 227 g/mol. The van der Waals surface area contributed by atoms with Crippen LogP contribution >= 0.6 is 0 Å². The summed E-state index contributed by atoms with van der Waals surface area (Å²) in [7, 11) is 0. The molecular formula is C13H25NO2. The summed E-state index contributed by atoms with van der Waals surface area (Å²) in [6, 6.07) is 0.0875. The third kappa shape index (κ3) is 3.48. The van der Waals surface area contributed by atoms with Gasteiger partial charge in [-0.25, -0.2) is 0 Å². The minimum atomic E-state index is -0.692. The van der Waals surface area contributed by atoms with E-state index in [1.54, 1.807) is 0 Å². The van der Waals surface area contributed by atoms with E-state index >= 15 is 0 Å². The molecule has 1 aliphatic rings. The molecule has 1 saturated carbocycles. The summed E-state index contributed by atoms with van der Waals surface area (Å²) in [5.74, 6) is 0.637. The summed E-state index contributed by atoms with van der Waals surface area (Å²) < 4.78 is 0. The molecule has 0 spiro atoms. The van der Waals surface area contributed by atoms with Gasteiger partial charge in [0.05, 0.1) is 0 Å². The van der Waals surface area contributed by atoms with Crippen LogP contribution < -0.4 is 5.32 Å². The van der Waals surface area contributed by atoms with Crippen LogP contribution in [0.2, 0.25) is 0 Å². The van der Waals surface area contributed by atoms with Gasteiger partial charge in [-0.2, -0.15) is 0 Å². The molecule has 94 valence electrons. The highest BCUT2D eigenvalue weighted by Gasteiger charge is 2.35. The van der Waals surface area contributed by atoms with Gasteiger partial charge in [0.2, 0.25) is 0 Å². The summed E-state index contributed by atoms with van der Waals surface area (Å²) in [6.45, 7) is 6.54. The fourth-order valence-corrected chi connectivity index (χ4v) is 2.48. The molecule has 16 heavy (non-hydrogen) atoms. The second-order valence-electron chi connectivity index (χ2n) is 5.29. The highest BCUT2D eigenvalue weighted by Crippen LogP contribution is 2.34. The summed E-state index contributed by atoms with van der Waals surface area (Å²) >= 11 is 0. The summed E-state index contributed by atoms with van der Waals surface area (Å²) in [4.78, 5) is 11.1. The Morgan fingerprint density at radius 1 is 1.44 bits per heavy atom. The van der Waals surface area contributed by atoms with Crippen molar-refractivity contribution in [3.05, 3.63) is 0 Å². The first-order chi connectivity index (χ1) is 7.56. The molecule has 0 aromatic rings. The maximum absolute atomic E-state index is 11.1. The quantitative estimate of drug-likeness (QED) is 0.703. The normalized spacial score (nSPS) is 26.5. The summed E-state index contributed by atoms with van der Waals surface area (Å²) in [5, 5.41) is 12.5. The molecule has 0 aromatic carbocycles. The number of carboxylic acids is 1. The van der Waals surface area contributed by atoms with E-state index in [1.807, 2.05) is 0 Å². The predicted molar refractivity (Wildman–Crippen MR) is 65.4 cm³/mol. The lowest BCUT2D eigenvalue weighted by Crippen LogP contribution is -2.52. The van der Waals surface area contributed by atoms with Gasteiger partial charge in [-0.05, 0) is 31.1 Å². The van der Waals surface area contributed by atoms with Gasteiger partial charge in [0.25, 0.3) is 0 Å². The van der Waals surface area contributed by atoms with E-state index in [2.05, 4.69) is 26.1 Å². The van der Waals surface area contributed by atoms with Crippen molar-refractivity contribution in [1.29, 1.82) is 0 Å². The fraction of sp³-hybridized carbons (Fsp3) is 0.923. The van der Waals surface area contributed by atoms with Crippen LogP contribution in [0.4, 0.5) is 0 Å². The Morgan fingerprint density at radius 2 is 2.12 bits per heavy atom. The molecule has 0 aliphatic heterocycles. The Kier molecular flexibility index (Phi) is 5.26. The second kappa shape index (κ2) is 6.24. The standard InChI is InChI=1S/C13H25NO2/c1-4-5-6-12(13(15)16)14-11-8-7-10(11)9(2)3/h9-12,14H,4-8H2,1-3H3,(H,15,16)/t10?,11?,12-/m0/s1. The van der Waals surface area contributed by atoms with Crippen molar-refractivity contribution in [2.24, 2.45) is 11.8 Å². The van der Waals surface area contributed by atoms with Crippen LogP contribution in [0.25, 0.3) is 0 Å². The van der Waals surface area contributed by atoms with Crippen molar-refractivity contribution in [2.45, 2.75) is 65.0 Å². The van der Waals surface area contributed by atoms with Gasteiger partial charge in [0.15, 0.2) is 0 Å².